The van der Waals surface area contributed by atoms with Crippen molar-refractivity contribution in [2.75, 3.05) is 6.54 Å². The second kappa shape index (κ2) is 15.5. The summed E-state index contributed by atoms with van der Waals surface area (Å²) in [6.45, 7) is 0.624. The Morgan fingerprint density at radius 3 is 2.00 bits per heavy atom. The number of hydrogen-bond donors (Lipinski definition) is 0. The molecule has 100 valence electrons. The number of hydrogen-bond acceptors (Lipinski definition) is 4. The van der Waals surface area contributed by atoms with Gasteiger partial charge in [0.2, 0.25) is 12.2 Å². The molecule has 0 aromatic carbocycles. The van der Waals surface area contributed by atoms with E-state index in [1.165, 1.54) is 44.4 Å². The molecule has 0 amide bonds. The van der Waals surface area contributed by atoms with Gasteiger partial charge in [-0.3, -0.25) is 0 Å². The smallest absolute Gasteiger partial charge is 0.211 e. The molecule has 0 N–H and O–H groups in total. The van der Waals surface area contributed by atoms with Gasteiger partial charge < -0.3 is 0 Å². The molecule has 0 spiro atoms. The molecule has 0 unspecified atom stereocenters. The molecule has 0 aliphatic carbocycles. The van der Waals surface area contributed by atoms with Gasteiger partial charge in [0, 0.05) is 6.20 Å². The maximum absolute atomic E-state index is 9.80. The van der Waals surface area contributed by atoms with Crippen LogP contribution in [-0.2, 0) is 9.59 Å². The fourth-order valence-electron chi connectivity index (χ4n) is 1.72. The van der Waals surface area contributed by atoms with E-state index in [1.54, 1.807) is 6.08 Å². The highest BCUT2D eigenvalue weighted by Crippen LogP contribution is 2.09. The van der Waals surface area contributed by atoms with Crippen LogP contribution in [0.5, 0.6) is 0 Å². The number of nitrogens with zero attached hydrogens (tertiary/aromatic N) is 2. The summed E-state index contributed by atoms with van der Waals surface area (Å²) >= 11 is 0. The first-order chi connectivity index (χ1) is 8.91. The largest absolute Gasteiger partial charge is 0.239 e. The van der Waals surface area contributed by atoms with Crippen molar-refractivity contribution in [3.05, 3.63) is 12.3 Å². The van der Waals surface area contributed by atoms with Crippen LogP contribution in [0.3, 0.4) is 0 Å². The molecule has 4 nitrogen and oxygen atoms in total. The fraction of sp³-hybridized carbons (Fsp3) is 0.714. The van der Waals surface area contributed by atoms with Gasteiger partial charge in [0.1, 0.15) is 0 Å². The zero-order valence-corrected chi connectivity index (χ0v) is 10.9. The van der Waals surface area contributed by atoms with Gasteiger partial charge in [-0.2, -0.15) is 4.99 Å². The standard InChI is InChI=1S/C14H22N2O2/c17-13-15-11-9-7-5-3-1-2-4-6-8-10-12-16-14-18/h9,11H,1-8,10,12H2. The van der Waals surface area contributed by atoms with Crippen molar-refractivity contribution in [1.29, 1.82) is 0 Å². The van der Waals surface area contributed by atoms with Crippen LogP contribution in [0.25, 0.3) is 0 Å². The molecule has 0 aromatic heterocycles. The highest BCUT2D eigenvalue weighted by molar-refractivity contribution is 5.34. The third-order valence-electron chi connectivity index (χ3n) is 2.69. The first-order valence-electron chi connectivity index (χ1n) is 6.67. The van der Waals surface area contributed by atoms with Gasteiger partial charge in [0.25, 0.3) is 0 Å². The Bertz CT molecular complexity index is 301. The molecule has 0 saturated carbocycles. The van der Waals surface area contributed by atoms with E-state index in [0.717, 1.165) is 25.7 Å². The summed E-state index contributed by atoms with van der Waals surface area (Å²) in [6, 6.07) is 0. The number of allylic oxidation sites excluding steroid dienone is 1. The molecule has 0 fully saturated rings. The Kier molecular flexibility index (Phi) is 14.2. The van der Waals surface area contributed by atoms with Crippen LogP contribution in [0.4, 0.5) is 0 Å². The van der Waals surface area contributed by atoms with Crippen molar-refractivity contribution < 1.29 is 9.59 Å². The van der Waals surface area contributed by atoms with Crippen LogP contribution in [0.2, 0.25) is 0 Å². The van der Waals surface area contributed by atoms with E-state index in [2.05, 4.69) is 9.98 Å². The quantitative estimate of drug-likeness (QED) is 0.301. The van der Waals surface area contributed by atoms with Gasteiger partial charge in [-0.15, -0.1) is 0 Å². The van der Waals surface area contributed by atoms with Crippen molar-refractivity contribution in [2.45, 2.75) is 57.8 Å². The zero-order chi connectivity index (χ0) is 13.3. The number of isocyanates is 2. The monoisotopic (exact) mass is 250 g/mol. The summed E-state index contributed by atoms with van der Waals surface area (Å²) in [5.41, 5.74) is 0. The van der Waals surface area contributed by atoms with E-state index in [-0.39, 0.29) is 0 Å². The van der Waals surface area contributed by atoms with E-state index < -0.39 is 0 Å². The summed E-state index contributed by atoms with van der Waals surface area (Å²) in [7, 11) is 0. The van der Waals surface area contributed by atoms with Crippen LogP contribution < -0.4 is 0 Å². The summed E-state index contributed by atoms with van der Waals surface area (Å²) < 4.78 is 0. The number of carbonyl (C=O) groups excluding carboxylic acids is 2. The zero-order valence-electron chi connectivity index (χ0n) is 10.9. The van der Waals surface area contributed by atoms with Gasteiger partial charge in [0.05, 0.1) is 6.54 Å². The second-order valence-corrected chi connectivity index (χ2v) is 4.20. The van der Waals surface area contributed by atoms with E-state index in [1.807, 2.05) is 6.08 Å². The Hall–Kier alpha value is -1.50. The summed E-state index contributed by atoms with van der Waals surface area (Å²) in [4.78, 5) is 26.4. The molecular weight excluding hydrogens is 228 g/mol. The van der Waals surface area contributed by atoms with E-state index >= 15 is 0 Å². The Morgan fingerprint density at radius 2 is 1.39 bits per heavy atom. The van der Waals surface area contributed by atoms with Crippen LogP contribution >= 0.6 is 0 Å². The lowest BCUT2D eigenvalue weighted by Crippen LogP contribution is -1.83. The third-order valence-corrected chi connectivity index (χ3v) is 2.69. The van der Waals surface area contributed by atoms with E-state index in [4.69, 9.17) is 0 Å². The second-order valence-electron chi connectivity index (χ2n) is 4.20. The minimum absolute atomic E-state index is 0.624. The predicted molar refractivity (Wildman–Crippen MR) is 71.8 cm³/mol. The molecule has 0 aliphatic rings. The topological polar surface area (TPSA) is 58.9 Å². The number of aliphatic imine (C=N–C) groups is 2. The SMILES string of the molecule is O=C=NC=CCCCCCCCCCCN=C=O. The maximum atomic E-state index is 9.80. The summed E-state index contributed by atoms with van der Waals surface area (Å²) in [6.07, 6.45) is 17.0. The minimum atomic E-state index is 0.624. The van der Waals surface area contributed by atoms with Gasteiger partial charge in [-0.1, -0.05) is 44.6 Å². The molecular formula is C14H22N2O2. The van der Waals surface area contributed by atoms with Crippen molar-refractivity contribution in [3.8, 4) is 0 Å². The number of unbranched alkanes of at least 4 members (excludes halogenated alkanes) is 8. The van der Waals surface area contributed by atoms with E-state index in [0.29, 0.717) is 6.54 Å². The van der Waals surface area contributed by atoms with E-state index in [9.17, 15) is 9.59 Å². The van der Waals surface area contributed by atoms with Gasteiger partial charge in [0.15, 0.2) is 0 Å². The molecule has 0 aromatic rings. The maximum Gasteiger partial charge on any atom is 0.239 e. The molecule has 0 aliphatic heterocycles. The molecule has 0 rings (SSSR count). The van der Waals surface area contributed by atoms with Gasteiger partial charge in [-0.25, -0.2) is 14.6 Å². The first-order valence-corrected chi connectivity index (χ1v) is 6.67. The highest BCUT2D eigenvalue weighted by Gasteiger charge is 1.91. The van der Waals surface area contributed by atoms with Crippen molar-refractivity contribution in [1.82, 2.24) is 0 Å². The normalized spacial score (nSPS) is 10.0. The van der Waals surface area contributed by atoms with Crippen LogP contribution in [0.15, 0.2) is 22.3 Å². The molecule has 0 atom stereocenters. The highest BCUT2D eigenvalue weighted by atomic mass is 16.1. The van der Waals surface area contributed by atoms with Crippen LogP contribution in [0, 0.1) is 0 Å². The number of rotatable bonds is 12. The van der Waals surface area contributed by atoms with Crippen molar-refractivity contribution in [3.63, 3.8) is 0 Å². The minimum Gasteiger partial charge on any atom is -0.211 e. The Labute approximate surface area is 109 Å². The van der Waals surface area contributed by atoms with Crippen molar-refractivity contribution >= 4 is 12.2 Å². The van der Waals surface area contributed by atoms with Gasteiger partial charge >= 0.3 is 0 Å². The van der Waals surface area contributed by atoms with Gasteiger partial charge in [-0.05, 0) is 19.3 Å². The summed E-state index contributed by atoms with van der Waals surface area (Å²) in [5, 5.41) is 0. The lowest BCUT2D eigenvalue weighted by Gasteiger charge is -2.00. The average molecular weight is 250 g/mol. The molecule has 4 heteroatoms. The van der Waals surface area contributed by atoms with Crippen molar-refractivity contribution in [2.24, 2.45) is 9.98 Å². The fourth-order valence-corrected chi connectivity index (χ4v) is 1.72. The molecule has 0 saturated heterocycles. The lowest BCUT2D eigenvalue weighted by atomic mass is 10.1. The average Bonchev–Trinajstić information content (AvgIpc) is 2.39. The molecule has 0 heterocycles. The molecule has 0 bridgehead atoms. The third kappa shape index (κ3) is 14.5. The lowest BCUT2D eigenvalue weighted by molar-refractivity contribution is 0.557. The Morgan fingerprint density at radius 1 is 0.778 bits per heavy atom. The molecule has 0 radical (unpaired) electrons. The summed E-state index contributed by atoms with van der Waals surface area (Å²) in [5.74, 6) is 0. The first kappa shape index (κ1) is 16.5. The van der Waals surface area contributed by atoms with Crippen LogP contribution in [0.1, 0.15) is 57.8 Å². The molecule has 18 heavy (non-hydrogen) atoms. The Balaban J connectivity index is 3.07. The predicted octanol–water partition coefficient (Wildman–Crippen LogP) is 3.68. The van der Waals surface area contributed by atoms with Crippen LogP contribution in [-0.4, -0.2) is 18.7 Å².